The molecule has 1 saturated heterocycles. The molecule has 0 N–H and O–H groups in total. The predicted molar refractivity (Wildman–Crippen MR) is 87.9 cm³/mol. The maximum Gasteiger partial charge on any atom is 0.223 e. The quantitative estimate of drug-likeness (QED) is 0.778. The number of carbonyl (C=O) groups excluding carboxylic acids is 2. The highest BCUT2D eigenvalue weighted by molar-refractivity contribution is 7.09. The van der Waals surface area contributed by atoms with Gasteiger partial charge in [0, 0.05) is 62.4 Å². The third-order valence-corrected chi connectivity index (χ3v) is 4.79. The van der Waals surface area contributed by atoms with Gasteiger partial charge in [0.15, 0.2) is 0 Å². The third kappa shape index (κ3) is 3.92. The van der Waals surface area contributed by atoms with Gasteiger partial charge in [0.25, 0.3) is 0 Å². The van der Waals surface area contributed by atoms with E-state index in [1.54, 1.807) is 28.6 Å². The maximum absolute atomic E-state index is 12.2. The molecule has 1 aliphatic heterocycles. The van der Waals surface area contributed by atoms with Gasteiger partial charge in [-0.3, -0.25) is 14.6 Å². The summed E-state index contributed by atoms with van der Waals surface area (Å²) in [6.07, 6.45) is 5.48. The predicted octanol–water partition coefficient (Wildman–Crippen LogP) is 1.44. The second kappa shape index (κ2) is 7.32. The van der Waals surface area contributed by atoms with E-state index in [9.17, 15) is 9.59 Å². The fourth-order valence-electron chi connectivity index (χ4n) is 2.52. The molecule has 0 aromatic carbocycles. The van der Waals surface area contributed by atoms with Crippen LogP contribution in [0.3, 0.4) is 0 Å². The molecule has 0 spiro atoms. The molecular weight excluding hydrogens is 312 g/mol. The molecular formula is C16H18N4O2S. The monoisotopic (exact) mass is 330 g/mol. The van der Waals surface area contributed by atoms with Crippen LogP contribution in [0.15, 0.2) is 29.9 Å². The fourth-order valence-corrected chi connectivity index (χ4v) is 3.33. The first-order chi connectivity index (χ1) is 11.3. The van der Waals surface area contributed by atoms with Crippen molar-refractivity contribution >= 4 is 23.7 Å². The van der Waals surface area contributed by atoms with Crippen LogP contribution in [-0.4, -0.2) is 58.3 Å². The van der Waals surface area contributed by atoms with Gasteiger partial charge in [-0.15, -0.1) is 11.3 Å². The molecule has 120 valence electrons. The highest BCUT2D eigenvalue weighted by Crippen LogP contribution is 2.21. The molecule has 2 aromatic rings. The van der Waals surface area contributed by atoms with Gasteiger partial charge in [0.05, 0.1) is 10.7 Å². The van der Waals surface area contributed by atoms with Crippen LogP contribution < -0.4 is 0 Å². The Hall–Kier alpha value is -2.28. The molecule has 3 heterocycles. The van der Waals surface area contributed by atoms with Gasteiger partial charge in [-0.1, -0.05) is 0 Å². The number of pyridine rings is 1. The van der Waals surface area contributed by atoms with E-state index in [1.165, 1.54) is 0 Å². The number of hydrogen-bond donors (Lipinski definition) is 0. The highest BCUT2D eigenvalue weighted by atomic mass is 32.1. The third-order valence-electron chi connectivity index (χ3n) is 3.88. The summed E-state index contributed by atoms with van der Waals surface area (Å²) in [6, 6.07) is 3.86. The average molecular weight is 330 g/mol. The molecule has 23 heavy (non-hydrogen) atoms. The number of thiazole rings is 1. The topological polar surface area (TPSA) is 66.4 Å². The summed E-state index contributed by atoms with van der Waals surface area (Å²) in [6.45, 7) is 2.49. The van der Waals surface area contributed by atoms with Crippen molar-refractivity contribution in [1.82, 2.24) is 19.8 Å². The van der Waals surface area contributed by atoms with Crippen molar-refractivity contribution in [2.75, 3.05) is 26.2 Å². The van der Waals surface area contributed by atoms with Crippen LogP contribution in [0.5, 0.6) is 0 Å². The van der Waals surface area contributed by atoms with Crippen LogP contribution in [0.25, 0.3) is 11.3 Å². The summed E-state index contributed by atoms with van der Waals surface area (Å²) in [4.78, 5) is 35.1. The molecule has 0 saturated carbocycles. The lowest BCUT2D eigenvalue weighted by Gasteiger charge is -2.32. The van der Waals surface area contributed by atoms with Gasteiger partial charge in [-0.2, -0.15) is 0 Å². The lowest BCUT2D eigenvalue weighted by atomic mass is 10.2. The summed E-state index contributed by atoms with van der Waals surface area (Å²) in [5, 5.41) is 2.96. The van der Waals surface area contributed by atoms with Crippen molar-refractivity contribution in [2.45, 2.75) is 12.8 Å². The van der Waals surface area contributed by atoms with Gasteiger partial charge in [-0.05, 0) is 12.1 Å². The molecule has 1 aliphatic rings. The van der Waals surface area contributed by atoms with Gasteiger partial charge >= 0.3 is 0 Å². The van der Waals surface area contributed by atoms with Crippen molar-refractivity contribution in [2.24, 2.45) is 0 Å². The number of aryl methyl sites for hydroxylation is 1. The summed E-state index contributed by atoms with van der Waals surface area (Å²) in [7, 11) is 0. The Labute approximate surface area is 138 Å². The second-order valence-corrected chi connectivity index (χ2v) is 6.33. The molecule has 1 fully saturated rings. The number of aromatic nitrogens is 2. The van der Waals surface area contributed by atoms with Crippen LogP contribution in [0.4, 0.5) is 0 Å². The van der Waals surface area contributed by atoms with E-state index in [1.807, 2.05) is 22.4 Å². The number of amides is 2. The molecule has 0 atom stereocenters. The van der Waals surface area contributed by atoms with Crippen LogP contribution >= 0.6 is 11.3 Å². The standard InChI is InChI=1S/C16H18N4O2S/c21-12-19-6-8-20(9-7-19)16(22)4-3-15-18-14(11-23-15)13-2-1-5-17-10-13/h1-2,5,10-12H,3-4,6-9H2. The van der Waals surface area contributed by atoms with Crippen molar-refractivity contribution in [1.29, 1.82) is 0 Å². The number of nitrogens with zero attached hydrogens (tertiary/aromatic N) is 4. The average Bonchev–Trinajstić information content (AvgIpc) is 3.09. The molecule has 6 nitrogen and oxygen atoms in total. The number of hydrogen-bond acceptors (Lipinski definition) is 5. The van der Waals surface area contributed by atoms with Crippen molar-refractivity contribution in [3.8, 4) is 11.3 Å². The van der Waals surface area contributed by atoms with Crippen LogP contribution in [0.2, 0.25) is 0 Å². The van der Waals surface area contributed by atoms with E-state index in [-0.39, 0.29) is 5.91 Å². The van der Waals surface area contributed by atoms with Gasteiger partial charge in [-0.25, -0.2) is 4.98 Å². The second-order valence-electron chi connectivity index (χ2n) is 5.39. The van der Waals surface area contributed by atoms with E-state index in [0.29, 0.717) is 39.0 Å². The number of carbonyl (C=O) groups is 2. The lowest BCUT2D eigenvalue weighted by Crippen LogP contribution is -2.48. The van der Waals surface area contributed by atoms with Crippen LogP contribution in [0, 0.1) is 0 Å². The maximum atomic E-state index is 12.2. The van der Waals surface area contributed by atoms with E-state index < -0.39 is 0 Å². The van der Waals surface area contributed by atoms with Crippen molar-refractivity contribution < 1.29 is 9.59 Å². The van der Waals surface area contributed by atoms with Gasteiger partial charge < -0.3 is 9.80 Å². The zero-order valence-corrected chi connectivity index (χ0v) is 13.5. The van der Waals surface area contributed by atoms with Crippen molar-refractivity contribution in [3.05, 3.63) is 34.9 Å². The van der Waals surface area contributed by atoms with E-state index >= 15 is 0 Å². The summed E-state index contributed by atoms with van der Waals surface area (Å²) >= 11 is 1.57. The Balaban J connectivity index is 1.52. The smallest absolute Gasteiger partial charge is 0.223 e. The fraction of sp³-hybridized carbons (Fsp3) is 0.375. The summed E-state index contributed by atoms with van der Waals surface area (Å²) in [5.74, 6) is 0.133. The van der Waals surface area contributed by atoms with Gasteiger partial charge in [0.1, 0.15) is 0 Å². The molecule has 0 radical (unpaired) electrons. The summed E-state index contributed by atoms with van der Waals surface area (Å²) in [5.41, 5.74) is 1.90. The molecule has 0 unspecified atom stereocenters. The summed E-state index contributed by atoms with van der Waals surface area (Å²) < 4.78 is 0. The normalized spacial score (nSPS) is 14.8. The number of piperazine rings is 1. The largest absolute Gasteiger partial charge is 0.342 e. The van der Waals surface area contributed by atoms with Crippen molar-refractivity contribution in [3.63, 3.8) is 0 Å². The Kier molecular flexibility index (Phi) is 4.97. The van der Waals surface area contributed by atoms with E-state index in [0.717, 1.165) is 22.7 Å². The van der Waals surface area contributed by atoms with Crippen LogP contribution in [-0.2, 0) is 16.0 Å². The number of rotatable bonds is 5. The Morgan fingerprint density at radius 1 is 1.30 bits per heavy atom. The molecule has 0 aliphatic carbocycles. The first-order valence-electron chi connectivity index (χ1n) is 7.58. The Morgan fingerprint density at radius 3 is 2.83 bits per heavy atom. The molecule has 0 bridgehead atoms. The Morgan fingerprint density at radius 2 is 2.13 bits per heavy atom. The molecule has 2 aromatic heterocycles. The minimum absolute atomic E-state index is 0.133. The van der Waals surface area contributed by atoms with Gasteiger partial charge in [0.2, 0.25) is 12.3 Å². The molecule has 3 rings (SSSR count). The molecule has 7 heteroatoms. The minimum atomic E-state index is 0.133. The first-order valence-corrected chi connectivity index (χ1v) is 8.46. The van der Waals surface area contributed by atoms with E-state index in [2.05, 4.69) is 9.97 Å². The Bertz CT molecular complexity index is 666. The zero-order valence-electron chi connectivity index (χ0n) is 12.7. The van der Waals surface area contributed by atoms with E-state index in [4.69, 9.17) is 0 Å². The lowest BCUT2D eigenvalue weighted by molar-refractivity contribution is -0.135. The van der Waals surface area contributed by atoms with Crippen LogP contribution in [0.1, 0.15) is 11.4 Å². The zero-order chi connectivity index (χ0) is 16.1. The first kappa shape index (κ1) is 15.6. The minimum Gasteiger partial charge on any atom is -0.342 e. The SMILES string of the molecule is O=CN1CCN(C(=O)CCc2nc(-c3cccnc3)cs2)CC1. The highest BCUT2D eigenvalue weighted by Gasteiger charge is 2.20. The molecule has 2 amide bonds.